The van der Waals surface area contributed by atoms with Crippen molar-refractivity contribution >= 4 is 17.7 Å². The highest BCUT2D eigenvalue weighted by Crippen LogP contribution is 2.23. The molecule has 6 heteroatoms. The Morgan fingerprint density at radius 3 is 2.90 bits per heavy atom. The molecule has 1 heterocycles. The predicted octanol–water partition coefficient (Wildman–Crippen LogP) is 3.08. The minimum atomic E-state index is -1.04. The van der Waals surface area contributed by atoms with Crippen LogP contribution in [0.3, 0.4) is 0 Å². The van der Waals surface area contributed by atoms with Gasteiger partial charge in [-0.15, -0.1) is 11.8 Å². The van der Waals surface area contributed by atoms with Crippen molar-refractivity contribution in [1.82, 2.24) is 4.98 Å². The number of pyridine rings is 1. The molecule has 2 rings (SSSR count). The topological polar surface area (TPSA) is 74.0 Å². The summed E-state index contributed by atoms with van der Waals surface area (Å²) in [6.45, 7) is 0. The first-order valence-electron chi connectivity index (χ1n) is 5.61. The molecule has 0 aliphatic carbocycles. The number of aromatic carboxylic acids is 1. The summed E-state index contributed by atoms with van der Waals surface area (Å²) in [6, 6.07) is 8.90. The molecule has 0 aliphatic rings. The van der Waals surface area contributed by atoms with Gasteiger partial charge in [0.15, 0.2) is 0 Å². The smallest absolute Gasteiger partial charge is 0.335 e. The van der Waals surface area contributed by atoms with E-state index in [1.807, 2.05) is 6.07 Å². The van der Waals surface area contributed by atoms with E-state index in [0.29, 0.717) is 16.2 Å². The number of thioether (sulfide) groups is 1. The van der Waals surface area contributed by atoms with Gasteiger partial charge in [0.05, 0.1) is 22.2 Å². The van der Waals surface area contributed by atoms with Crippen LogP contribution in [0, 0.1) is 17.1 Å². The molecule has 1 N–H and O–H groups in total. The maximum Gasteiger partial charge on any atom is 0.335 e. The molecule has 0 atom stereocenters. The Bertz CT molecular complexity index is 698. The highest BCUT2D eigenvalue weighted by Gasteiger charge is 2.08. The number of carbonyl (C=O) groups is 1. The second-order valence-corrected chi connectivity index (χ2v) is 4.89. The Morgan fingerprint density at radius 1 is 1.40 bits per heavy atom. The first-order valence-corrected chi connectivity index (χ1v) is 6.59. The van der Waals surface area contributed by atoms with Crippen LogP contribution in [0.1, 0.15) is 21.5 Å². The van der Waals surface area contributed by atoms with Crippen molar-refractivity contribution < 1.29 is 14.3 Å². The predicted molar refractivity (Wildman–Crippen MR) is 71.9 cm³/mol. The van der Waals surface area contributed by atoms with Crippen molar-refractivity contribution in [2.75, 3.05) is 0 Å². The number of hydrogen-bond acceptors (Lipinski definition) is 4. The molecule has 0 saturated carbocycles. The number of halogens is 1. The lowest BCUT2D eigenvalue weighted by Gasteiger charge is -2.04. The molecular formula is C14H9FN2O2S. The van der Waals surface area contributed by atoms with Crippen molar-refractivity contribution in [2.45, 2.75) is 10.8 Å². The summed E-state index contributed by atoms with van der Waals surface area (Å²) >= 11 is 1.21. The number of carboxylic acids is 1. The van der Waals surface area contributed by atoms with Gasteiger partial charge in [0.1, 0.15) is 5.82 Å². The third-order valence-electron chi connectivity index (χ3n) is 2.53. The average Bonchev–Trinajstić information content (AvgIpc) is 2.46. The second kappa shape index (κ2) is 6.17. The van der Waals surface area contributed by atoms with E-state index in [0.717, 1.165) is 0 Å². The normalized spacial score (nSPS) is 10.0. The fourth-order valence-electron chi connectivity index (χ4n) is 1.53. The molecular weight excluding hydrogens is 279 g/mol. The van der Waals surface area contributed by atoms with Gasteiger partial charge in [0, 0.05) is 11.9 Å². The van der Waals surface area contributed by atoms with Gasteiger partial charge in [0.25, 0.3) is 0 Å². The van der Waals surface area contributed by atoms with E-state index in [1.54, 1.807) is 0 Å². The number of aromatic nitrogens is 1. The lowest BCUT2D eigenvalue weighted by molar-refractivity contribution is 0.0696. The van der Waals surface area contributed by atoms with Gasteiger partial charge < -0.3 is 5.11 Å². The zero-order chi connectivity index (χ0) is 14.5. The van der Waals surface area contributed by atoms with Crippen molar-refractivity contribution in [2.24, 2.45) is 0 Å². The van der Waals surface area contributed by atoms with Crippen LogP contribution in [0.5, 0.6) is 0 Å². The molecule has 1 aromatic carbocycles. The zero-order valence-electron chi connectivity index (χ0n) is 10.2. The Kier molecular flexibility index (Phi) is 4.33. The van der Waals surface area contributed by atoms with Gasteiger partial charge in [-0.2, -0.15) is 5.26 Å². The SMILES string of the molecule is N#Cc1ccc(F)c(CSc2cc(C(=O)O)ccn2)c1. The maximum absolute atomic E-state index is 13.6. The molecule has 0 aliphatic heterocycles. The second-order valence-electron chi connectivity index (χ2n) is 3.89. The van der Waals surface area contributed by atoms with E-state index in [1.165, 1.54) is 48.3 Å². The molecule has 0 saturated heterocycles. The van der Waals surface area contributed by atoms with Crippen molar-refractivity contribution in [3.63, 3.8) is 0 Å². The summed E-state index contributed by atoms with van der Waals surface area (Å²) in [5.41, 5.74) is 0.902. The monoisotopic (exact) mass is 288 g/mol. The van der Waals surface area contributed by atoms with Gasteiger partial charge in [-0.1, -0.05) is 0 Å². The lowest BCUT2D eigenvalue weighted by atomic mass is 10.1. The van der Waals surface area contributed by atoms with Gasteiger partial charge in [-0.25, -0.2) is 14.2 Å². The average molecular weight is 288 g/mol. The molecule has 0 amide bonds. The van der Waals surface area contributed by atoms with Crippen LogP contribution in [0.15, 0.2) is 41.6 Å². The number of rotatable bonds is 4. The molecule has 0 spiro atoms. The van der Waals surface area contributed by atoms with Gasteiger partial charge >= 0.3 is 5.97 Å². The minimum absolute atomic E-state index is 0.133. The first-order chi connectivity index (χ1) is 9.60. The number of hydrogen-bond donors (Lipinski definition) is 1. The molecule has 2 aromatic rings. The van der Waals surface area contributed by atoms with Crippen LogP contribution in [0.25, 0.3) is 0 Å². The number of benzene rings is 1. The standard InChI is InChI=1S/C14H9FN2O2S/c15-12-2-1-9(7-16)5-11(12)8-20-13-6-10(14(18)19)3-4-17-13/h1-6H,8H2,(H,18,19). The summed E-state index contributed by atoms with van der Waals surface area (Å²) < 4.78 is 13.6. The third kappa shape index (κ3) is 3.33. The lowest BCUT2D eigenvalue weighted by Crippen LogP contribution is -1.97. The van der Waals surface area contributed by atoms with E-state index in [2.05, 4.69) is 4.98 Å². The van der Waals surface area contributed by atoms with E-state index < -0.39 is 11.8 Å². The van der Waals surface area contributed by atoms with Crippen LogP contribution in [0.4, 0.5) is 4.39 Å². The van der Waals surface area contributed by atoms with Crippen molar-refractivity contribution in [1.29, 1.82) is 5.26 Å². The summed E-state index contributed by atoms with van der Waals surface area (Å²) in [4.78, 5) is 14.9. The molecule has 4 nitrogen and oxygen atoms in total. The fraction of sp³-hybridized carbons (Fsp3) is 0.0714. The van der Waals surface area contributed by atoms with Crippen molar-refractivity contribution in [3.8, 4) is 6.07 Å². The minimum Gasteiger partial charge on any atom is -0.478 e. The third-order valence-corrected chi connectivity index (χ3v) is 3.51. The van der Waals surface area contributed by atoms with E-state index in [4.69, 9.17) is 10.4 Å². The summed E-state index contributed by atoms with van der Waals surface area (Å²) in [5, 5.41) is 18.1. The number of nitriles is 1. The Labute approximate surface area is 118 Å². The Balaban J connectivity index is 2.15. The summed E-state index contributed by atoms with van der Waals surface area (Å²) in [6.07, 6.45) is 1.40. The zero-order valence-corrected chi connectivity index (χ0v) is 11.0. The Hall–Kier alpha value is -2.39. The molecule has 20 heavy (non-hydrogen) atoms. The molecule has 0 fully saturated rings. The fourth-order valence-corrected chi connectivity index (χ4v) is 2.40. The van der Waals surface area contributed by atoms with Crippen LogP contribution < -0.4 is 0 Å². The van der Waals surface area contributed by atoms with Gasteiger partial charge in [-0.3, -0.25) is 0 Å². The van der Waals surface area contributed by atoms with Crippen LogP contribution in [0.2, 0.25) is 0 Å². The van der Waals surface area contributed by atoms with Crippen LogP contribution in [-0.2, 0) is 5.75 Å². The quantitative estimate of drug-likeness (QED) is 0.875. The largest absolute Gasteiger partial charge is 0.478 e. The molecule has 1 aromatic heterocycles. The maximum atomic E-state index is 13.6. The highest BCUT2D eigenvalue weighted by molar-refractivity contribution is 7.98. The van der Waals surface area contributed by atoms with Crippen LogP contribution >= 0.6 is 11.8 Å². The van der Waals surface area contributed by atoms with E-state index in [-0.39, 0.29) is 11.3 Å². The Morgan fingerprint density at radius 2 is 2.20 bits per heavy atom. The molecule has 0 radical (unpaired) electrons. The van der Waals surface area contributed by atoms with Gasteiger partial charge in [0.2, 0.25) is 0 Å². The van der Waals surface area contributed by atoms with E-state index in [9.17, 15) is 9.18 Å². The highest BCUT2D eigenvalue weighted by atomic mass is 32.2. The van der Waals surface area contributed by atoms with Crippen LogP contribution in [-0.4, -0.2) is 16.1 Å². The summed E-state index contributed by atoms with van der Waals surface area (Å²) in [7, 11) is 0. The first kappa shape index (κ1) is 14.0. The molecule has 100 valence electrons. The summed E-state index contributed by atoms with van der Waals surface area (Å²) in [5.74, 6) is -1.16. The molecule has 0 unspecified atom stereocenters. The van der Waals surface area contributed by atoms with Crippen molar-refractivity contribution in [3.05, 3.63) is 59.0 Å². The van der Waals surface area contributed by atoms with E-state index >= 15 is 0 Å². The molecule has 0 bridgehead atoms. The number of carboxylic acid groups (broad SMARTS) is 1. The number of nitrogens with zero attached hydrogens (tertiary/aromatic N) is 2. The van der Waals surface area contributed by atoms with Gasteiger partial charge in [-0.05, 0) is 35.9 Å².